The van der Waals surface area contributed by atoms with Gasteiger partial charge in [0.25, 0.3) is 0 Å². The van der Waals surface area contributed by atoms with Crippen molar-refractivity contribution in [3.63, 3.8) is 0 Å². The minimum Gasteiger partial charge on any atom is -0.465 e. The number of amides is 1. The van der Waals surface area contributed by atoms with Crippen LogP contribution >= 0.6 is 0 Å². The fourth-order valence-corrected chi connectivity index (χ4v) is 1.86. The molecule has 0 saturated carbocycles. The fraction of sp³-hybridized carbons (Fsp3) is 0.125. The molecule has 21 heavy (non-hydrogen) atoms. The SMILES string of the molecule is COC(=O)c1ccccc1NC(=O)Cc1ccc(F)cc1. The molecule has 0 radical (unpaired) electrons. The smallest absolute Gasteiger partial charge is 0.339 e. The summed E-state index contributed by atoms with van der Waals surface area (Å²) in [7, 11) is 1.28. The number of para-hydroxylation sites is 1. The van der Waals surface area contributed by atoms with Crippen molar-refractivity contribution in [2.75, 3.05) is 12.4 Å². The number of hydrogen-bond donors (Lipinski definition) is 1. The minimum atomic E-state index is -0.521. The maximum atomic E-state index is 12.8. The maximum Gasteiger partial charge on any atom is 0.339 e. The molecule has 0 atom stereocenters. The van der Waals surface area contributed by atoms with Gasteiger partial charge >= 0.3 is 5.97 Å². The lowest BCUT2D eigenvalue weighted by Gasteiger charge is -2.09. The monoisotopic (exact) mass is 287 g/mol. The van der Waals surface area contributed by atoms with Crippen LogP contribution in [0.15, 0.2) is 48.5 Å². The number of hydrogen-bond acceptors (Lipinski definition) is 3. The zero-order chi connectivity index (χ0) is 15.2. The summed E-state index contributed by atoms with van der Waals surface area (Å²) in [6.07, 6.45) is 0.0930. The quantitative estimate of drug-likeness (QED) is 0.880. The zero-order valence-corrected chi connectivity index (χ0v) is 11.4. The lowest BCUT2D eigenvalue weighted by molar-refractivity contribution is -0.115. The third kappa shape index (κ3) is 3.89. The van der Waals surface area contributed by atoms with Crippen LogP contribution in [0, 0.1) is 5.82 Å². The maximum absolute atomic E-state index is 12.8. The van der Waals surface area contributed by atoms with Crippen molar-refractivity contribution in [2.45, 2.75) is 6.42 Å². The molecule has 0 aliphatic heterocycles. The number of esters is 1. The van der Waals surface area contributed by atoms with E-state index in [1.807, 2.05) is 0 Å². The highest BCUT2D eigenvalue weighted by atomic mass is 19.1. The Balaban J connectivity index is 2.09. The second-order valence-corrected chi connectivity index (χ2v) is 4.39. The largest absolute Gasteiger partial charge is 0.465 e. The van der Waals surface area contributed by atoms with Gasteiger partial charge < -0.3 is 10.1 Å². The van der Waals surface area contributed by atoms with Crippen molar-refractivity contribution in [3.8, 4) is 0 Å². The third-order valence-electron chi connectivity index (χ3n) is 2.88. The highest BCUT2D eigenvalue weighted by Crippen LogP contribution is 2.16. The van der Waals surface area contributed by atoms with Gasteiger partial charge in [-0.3, -0.25) is 4.79 Å². The molecule has 0 saturated heterocycles. The summed E-state index contributed by atoms with van der Waals surface area (Å²) in [5.74, 6) is -1.17. The average Bonchev–Trinajstić information content (AvgIpc) is 2.49. The highest BCUT2D eigenvalue weighted by Gasteiger charge is 2.13. The van der Waals surface area contributed by atoms with Crippen LogP contribution in [-0.4, -0.2) is 19.0 Å². The number of anilines is 1. The molecule has 0 heterocycles. The summed E-state index contributed by atoms with van der Waals surface area (Å²) < 4.78 is 17.5. The summed E-state index contributed by atoms with van der Waals surface area (Å²) >= 11 is 0. The van der Waals surface area contributed by atoms with Crippen LogP contribution in [0.2, 0.25) is 0 Å². The van der Waals surface area contributed by atoms with Crippen molar-refractivity contribution >= 4 is 17.6 Å². The Morgan fingerprint density at radius 1 is 1.10 bits per heavy atom. The molecule has 2 rings (SSSR count). The first-order chi connectivity index (χ1) is 10.1. The Morgan fingerprint density at radius 2 is 1.76 bits per heavy atom. The van der Waals surface area contributed by atoms with Crippen LogP contribution in [0.3, 0.4) is 0 Å². The molecule has 0 fully saturated rings. The lowest BCUT2D eigenvalue weighted by atomic mass is 10.1. The number of rotatable bonds is 4. The van der Waals surface area contributed by atoms with E-state index in [-0.39, 0.29) is 23.7 Å². The van der Waals surface area contributed by atoms with E-state index in [4.69, 9.17) is 0 Å². The second-order valence-electron chi connectivity index (χ2n) is 4.39. The molecular weight excluding hydrogens is 273 g/mol. The van der Waals surface area contributed by atoms with Gasteiger partial charge in [0.05, 0.1) is 24.8 Å². The van der Waals surface area contributed by atoms with Gasteiger partial charge in [-0.2, -0.15) is 0 Å². The number of halogens is 1. The van der Waals surface area contributed by atoms with Crippen molar-refractivity contribution in [1.82, 2.24) is 0 Å². The second kappa shape index (κ2) is 6.65. The van der Waals surface area contributed by atoms with E-state index in [1.54, 1.807) is 36.4 Å². The molecule has 0 aliphatic rings. The molecule has 108 valence electrons. The van der Waals surface area contributed by atoms with E-state index in [2.05, 4.69) is 10.1 Å². The van der Waals surface area contributed by atoms with E-state index in [0.717, 1.165) is 0 Å². The van der Waals surface area contributed by atoms with Gasteiger partial charge in [-0.1, -0.05) is 24.3 Å². The summed E-state index contributed by atoms with van der Waals surface area (Å²) in [5, 5.41) is 2.66. The molecule has 2 aromatic carbocycles. The number of carbonyl (C=O) groups excluding carboxylic acids is 2. The van der Waals surface area contributed by atoms with Gasteiger partial charge in [0.2, 0.25) is 5.91 Å². The zero-order valence-electron chi connectivity index (χ0n) is 11.4. The van der Waals surface area contributed by atoms with E-state index in [0.29, 0.717) is 11.3 Å². The van der Waals surface area contributed by atoms with Gasteiger partial charge in [-0.25, -0.2) is 9.18 Å². The van der Waals surface area contributed by atoms with Crippen molar-refractivity contribution in [2.24, 2.45) is 0 Å². The first-order valence-corrected chi connectivity index (χ1v) is 6.32. The molecule has 0 spiro atoms. The van der Waals surface area contributed by atoms with Gasteiger partial charge in [0.15, 0.2) is 0 Å². The van der Waals surface area contributed by atoms with Crippen LogP contribution in [0.4, 0.5) is 10.1 Å². The first kappa shape index (κ1) is 14.7. The minimum absolute atomic E-state index is 0.0930. The predicted molar refractivity (Wildman–Crippen MR) is 76.5 cm³/mol. The summed E-state index contributed by atoms with van der Waals surface area (Å²) in [6.45, 7) is 0. The molecule has 2 aromatic rings. The number of methoxy groups -OCH3 is 1. The highest BCUT2D eigenvalue weighted by molar-refractivity contribution is 6.01. The lowest BCUT2D eigenvalue weighted by Crippen LogP contribution is -2.17. The molecular formula is C16H14FNO3. The number of nitrogens with one attached hydrogen (secondary N) is 1. The molecule has 0 bridgehead atoms. The van der Waals surface area contributed by atoms with Gasteiger partial charge in [0.1, 0.15) is 5.82 Å². The van der Waals surface area contributed by atoms with E-state index >= 15 is 0 Å². The Kier molecular flexibility index (Phi) is 4.66. The van der Waals surface area contributed by atoms with Crippen molar-refractivity contribution in [3.05, 3.63) is 65.5 Å². The fourth-order valence-electron chi connectivity index (χ4n) is 1.86. The summed E-state index contributed by atoms with van der Waals surface area (Å²) in [5.41, 5.74) is 1.35. The Bertz CT molecular complexity index is 653. The van der Waals surface area contributed by atoms with Crippen LogP contribution in [0.5, 0.6) is 0 Å². The molecule has 0 aliphatic carbocycles. The standard InChI is InChI=1S/C16H14FNO3/c1-21-16(20)13-4-2-3-5-14(13)18-15(19)10-11-6-8-12(17)9-7-11/h2-9H,10H2,1H3,(H,18,19). The Hall–Kier alpha value is -2.69. The number of carbonyl (C=O) groups is 2. The van der Waals surface area contributed by atoms with E-state index in [1.165, 1.54) is 19.2 Å². The van der Waals surface area contributed by atoms with E-state index < -0.39 is 5.97 Å². The van der Waals surface area contributed by atoms with Crippen LogP contribution in [-0.2, 0) is 16.0 Å². The van der Waals surface area contributed by atoms with Gasteiger partial charge in [-0.15, -0.1) is 0 Å². The summed E-state index contributed by atoms with van der Waals surface area (Å²) in [4.78, 5) is 23.6. The molecule has 0 unspecified atom stereocenters. The molecule has 1 amide bonds. The number of ether oxygens (including phenoxy) is 1. The topological polar surface area (TPSA) is 55.4 Å². The molecule has 0 aromatic heterocycles. The molecule has 1 N–H and O–H groups in total. The van der Waals surface area contributed by atoms with Crippen LogP contribution in [0.25, 0.3) is 0 Å². The van der Waals surface area contributed by atoms with Gasteiger partial charge in [0, 0.05) is 0 Å². The third-order valence-corrected chi connectivity index (χ3v) is 2.88. The first-order valence-electron chi connectivity index (χ1n) is 6.32. The van der Waals surface area contributed by atoms with Crippen LogP contribution in [0.1, 0.15) is 15.9 Å². The van der Waals surface area contributed by atoms with Crippen molar-refractivity contribution < 1.29 is 18.7 Å². The van der Waals surface area contributed by atoms with Crippen molar-refractivity contribution in [1.29, 1.82) is 0 Å². The molecule has 5 heteroatoms. The average molecular weight is 287 g/mol. The predicted octanol–water partition coefficient (Wildman–Crippen LogP) is 2.79. The van der Waals surface area contributed by atoms with E-state index in [9.17, 15) is 14.0 Å². The summed E-state index contributed by atoms with van der Waals surface area (Å²) in [6, 6.07) is 12.3. The Morgan fingerprint density at radius 3 is 2.43 bits per heavy atom. The normalized spacial score (nSPS) is 10.0. The van der Waals surface area contributed by atoms with Crippen LogP contribution < -0.4 is 5.32 Å². The Labute approximate surface area is 121 Å². The molecule has 4 nitrogen and oxygen atoms in total. The van der Waals surface area contributed by atoms with Gasteiger partial charge in [-0.05, 0) is 29.8 Å². The number of benzene rings is 2.